The van der Waals surface area contributed by atoms with Crippen molar-refractivity contribution in [3.05, 3.63) is 23.5 Å². The molecule has 0 saturated carbocycles. The third-order valence-corrected chi connectivity index (χ3v) is 1.93. The Morgan fingerprint density at radius 1 is 1.40 bits per heavy atom. The summed E-state index contributed by atoms with van der Waals surface area (Å²) in [5.41, 5.74) is 0.918. The van der Waals surface area contributed by atoms with Gasteiger partial charge in [0.2, 0.25) is 11.5 Å². The molecule has 6 heteroatoms. The molecule has 0 bridgehead atoms. The SMILES string of the molecule is Cc1nc(-c2ocnc2C)oc1C(=O)O. The minimum absolute atomic E-state index is 0.139. The van der Waals surface area contributed by atoms with Crippen LogP contribution in [0.25, 0.3) is 11.7 Å². The van der Waals surface area contributed by atoms with Crippen molar-refractivity contribution in [2.45, 2.75) is 13.8 Å². The van der Waals surface area contributed by atoms with Crippen LogP contribution in [0.5, 0.6) is 0 Å². The molecule has 0 aliphatic heterocycles. The first-order valence-electron chi connectivity index (χ1n) is 4.20. The van der Waals surface area contributed by atoms with Gasteiger partial charge in [0.05, 0.1) is 11.4 Å². The van der Waals surface area contributed by atoms with E-state index >= 15 is 0 Å². The number of aromatic nitrogens is 2. The largest absolute Gasteiger partial charge is 0.475 e. The van der Waals surface area contributed by atoms with Crippen LogP contribution in [-0.2, 0) is 0 Å². The highest BCUT2D eigenvalue weighted by Crippen LogP contribution is 2.24. The first kappa shape index (κ1) is 9.45. The Kier molecular flexibility index (Phi) is 2.03. The maximum atomic E-state index is 10.7. The molecule has 78 valence electrons. The quantitative estimate of drug-likeness (QED) is 0.806. The van der Waals surface area contributed by atoms with Crippen LogP contribution in [-0.4, -0.2) is 21.0 Å². The number of rotatable bonds is 2. The summed E-state index contributed by atoms with van der Waals surface area (Å²) in [5, 5.41) is 8.77. The lowest BCUT2D eigenvalue weighted by atomic mass is 10.4. The molecule has 0 unspecified atom stereocenters. The zero-order chi connectivity index (χ0) is 11.0. The van der Waals surface area contributed by atoms with E-state index in [0.717, 1.165) is 0 Å². The Labute approximate surface area is 84.6 Å². The molecule has 2 aromatic rings. The summed E-state index contributed by atoms with van der Waals surface area (Å²) in [4.78, 5) is 18.5. The number of carbonyl (C=O) groups is 1. The van der Waals surface area contributed by atoms with Gasteiger partial charge in [-0.1, -0.05) is 0 Å². The van der Waals surface area contributed by atoms with Crippen LogP contribution < -0.4 is 0 Å². The molecular formula is C9H8N2O4. The molecule has 0 aliphatic carbocycles. The molecule has 2 rings (SSSR count). The van der Waals surface area contributed by atoms with Gasteiger partial charge in [-0.3, -0.25) is 0 Å². The molecule has 2 heterocycles. The highest BCUT2D eigenvalue weighted by molar-refractivity contribution is 5.85. The molecule has 1 N–H and O–H groups in total. The summed E-state index contributed by atoms with van der Waals surface area (Å²) in [6.07, 6.45) is 1.25. The summed E-state index contributed by atoms with van der Waals surface area (Å²) in [6.45, 7) is 3.28. The van der Waals surface area contributed by atoms with Crippen LogP contribution in [0.1, 0.15) is 21.9 Å². The van der Waals surface area contributed by atoms with Gasteiger partial charge < -0.3 is 13.9 Å². The van der Waals surface area contributed by atoms with Crippen molar-refractivity contribution in [1.82, 2.24) is 9.97 Å². The van der Waals surface area contributed by atoms with Gasteiger partial charge >= 0.3 is 5.97 Å². The molecule has 6 nitrogen and oxygen atoms in total. The Morgan fingerprint density at radius 2 is 2.13 bits per heavy atom. The molecule has 0 atom stereocenters. The fourth-order valence-corrected chi connectivity index (χ4v) is 1.20. The van der Waals surface area contributed by atoms with Crippen molar-refractivity contribution >= 4 is 5.97 Å². The van der Waals surface area contributed by atoms with E-state index in [-0.39, 0.29) is 11.7 Å². The first-order valence-corrected chi connectivity index (χ1v) is 4.20. The predicted molar refractivity (Wildman–Crippen MR) is 48.4 cm³/mol. The average Bonchev–Trinajstić information content (AvgIpc) is 2.71. The normalized spacial score (nSPS) is 10.5. The van der Waals surface area contributed by atoms with Crippen molar-refractivity contribution in [2.24, 2.45) is 0 Å². The minimum atomic E-state index is -1.15. The summed E-state index contributed by atoms with van der Waals surface area (Å²) in [6, 6.07) is 0. The van der Waals surface area contributed by atoms with Crippen LogP contribution in [0.15, 0.2) is 15.2 Å². The van der Waals surface area contributed by atoms with Gasteiger partial charge in [-0.25, -0.2) is 14.8 Å². The van der Waals surface area contributed by atoms with Gasteiger partial charge in [-0.2, -0.15) is 0 Å². The second kappa shape index (κ2) is 3.23. The maximum absolute atomic E-state index is 10.7. The zero-order valence-corrected chi connectivity index (χ0v) is 8.14. The Hall–Kier alpha value is -2.11. The first-order chi connectivity index (χ1) is 7.09. The van der Waals surface area contributed by atoms with Crippen LogP contribution in [0.4, 0.5) is 0 Å². The van der Waals surface area contributed by atoms with Crippen molar-refractivity contribution in [2.75, 3.05) is 0 Å². The number of carboxylic acids is 1. The number of aryl methyl sites for hydroxylation is 2. The van der Waals surface area contributed by atoms with E-state index in [4.69, 9.17) is 13.9 Å². The third kappa shape index (κ3) is 1.50. The van der Waals surface area contributed by atoms with E-state index in [9.17, 15) is 4.79 Å². The number of nitrogens with zero attached hydrogens (tertiary/aromatic N) is 2. The monoisotopic (exact) mass is 208 g/mol. The van der Waals surface area contributed by atoms with Crippen molar-refractivity contribution in [1.29, 1.82) is 0 Å². The number of aromatic carboxylic acids is 1. The van der Waals surface area contributed by atoms with Gasteiger partial charge in [0, 0.05) is 0 Å². The van der Waals surface area contributed by atoms with Gasteiger partial charge in [0.1, 0.15) is 0 Å². The van der Waals surface area contributed by atoms with Gasteiger partial charge in [0.25, 0.3) is 5.89 Å². The number of oxazole rings is 2. The lowest BCUT2D eigenvalue weighted by Gasteiger charge is -1.88. The van der Waals surface area contributed by atoms with E-state index in [2.05, 4.69) is 9.97 Å². The molecule has 0 aliphatic rings. The van der Waals surface area contributed by atoms with Gasteiger partial charge in [-0.05, 0) is 13.8 Å². The van der Waals surface area contributed by atoms with E-state index in [1.165, 1.54) is 6.39 Å². The maximum Gasteiger partial charge on any atom is 0.373 e. The lowest BCUT2D eigenvalue weighted by Crippen LogP contribution is -1.95. The van der Waals surface area contributed by atoms with Gasteiger partial charge in [0.15, 0.2) is 6.39 Å². The highest BCUT2D eigenvalue weighted by Gasteiger charge is 2.20. The van der Waals surface area contributed by atoms with E-state index in [1.807, 2.05) is 0 Å². The summed E-state index contributed by atoms with van der Waals surface area (Å²) in [5.74, 6) is -0.838. The van der Waals surface area contributed by atoms with E-state index in [1.54, 1.807) is 13.8 Å². The molecular weight excluding hydrogens is 200 g/mol. The van der Waals surface area contributed by atoms with Crippen molar-refractivity contribution < 1.29 is 18.7 Å². The van der Waals surface area contributed by atoms with E-state index in [0.29, 0.717) is 17.1 Å². The zero-order valence-electron chi connectivity index (χ0n) is 8.14. The lowest BCUT2D eigenvalue weighted by molar-refractivity contribution is 0.0662. The fourth-order valence-electron chi connectivity index (χ4n) is 1.20. The fraction of sp³-hybridized carbons (Fsp3) is 0.222. The van der Waals surface area contributed by atoms with Crippen LogP contribution in [0.2, 0.25) is 0 Å². The minimum Gasteiger partial charge on any atom is -0.475 e. The molecule has 0 fully saturated rings. The summed E-state index contributed by atoms with van der Waals surface area (Å²) >= 11 is 0. The Balaban J connectivity index is 2.52. The molecule has 2 aromatic heterocycles. The second-order valence-electron chi connectivity index (χ2n) is 3.01. The van der Waals surface area contributed by atoms with Crippen LogP contribution in [0.3, 0.4) is 0 Å². The van der Waals surface area contributed by atoms with Crippen molar-refractivity contribution in [3.63, 3.8) is 0 Å². The molecule has 0 radical (unpaired) electrons. The summed E-state index contributed by atoms with van der Waals surface area (Å²) in [7, 11) is 0. The van der Waals surface area contributed by atoms with Gasteiger partial charge in [-0.15, -0.1) is 0 Å². The topological polar surface area (TPSA) is 89.4 Å². The summed E-state index contributed by atoms with van der Waals surface area (Å²) < 4.78 is 10.1. The van der Waals surface area contributed by atoms with Crippen LogP contribution >= 0.6 is 0 Å². The van der Waals surface area contributed by atoms with E-state index < -0.39 is 5.97 Å². The molecule has 15 heavy (non-hydrogen) atoms. The Morgan fingerprint density at radius 3 is 2.60 bits per heavy atom. The third-order valence-electron chi connectivity index (χ3n) is 1.93. The molecule has 0 saturated heterocycles. The highest BCUT2D eigenvalue weighted by atomic mass is 16.4. The standard InChI is InChI=1S/C9H8N2O4/c1-4-6(14-3-10-4)8-11-5(2)7(15-8)9(12)13/h3H,1-2H3,(H,12,13). The molecule has 0 aromatic carbocycles. The Bertz CT molecular complexity index is 512. The number of hydrogen-bond donors (Lipinski definition) is 1. The molecule has 0 spiro atoms. The van der Waals surface area contributed by atoms with Crippen molar-refractivity contribution in [3.8, 4) is 11.7 Å². The second-order valence-corrected chi connectivity index (χ2v) is 3.01. The number of carboxylic acid groups (broad SMARTS) is 1. The van der Waals surface area contributed by atoms with Crippen LogP contribution in [0, 0.1) is 13.8 Å². The number of hydrogen-bond acceptors (Lipinski definition) is 5. The molecule has 0 amide bonds. The predicted octanol–water partition coefficient (Wildman–Crippen LogP) is 1.64. The smallest absolute Gasteiger partial charge is 0.373 e. The average molecular weight is 208 g/mol.